The summed E-state index contributed by atoms with van der Waals surface area (Å²) in [7, 11) is 3.88. The van der Waals surface area contributed by atoms with Gasteiger partial charge in [-0.05, 0) is 12.1 Å². The van der Waals surface area contributed by atoms with E-state index in [-0.39, 0.29) is 13.5 Å². The van der Waals surface area contributed by atoms with Gasteiger partial charge >= 0.3 is 0 Å². The molecule has 1 aliphatic rings. The minimum Gasteiger partial charge on any atom is -0.490 e. The zero-order valence-corrected chi connectivity index (χ0v) is 14.4. The number of imidazole rings is 1. The van der Waals surface area contributed by atoms with Crippen molar-refractivity contribution in [2.24, 2.45) is 0 Å². The Labute approximate surface area is 141 Å². The van der Waals surface area contributed by atoms with Crippen LogP contribution >= 0.6 is 25.7 Å². The van der Waals surface area contributed by atoms with Gasteiger partial charge in [0.25, 0.3) is 0 Å². The van der Waals surface area contributed by atoms with E-state index >= 15 is 0 Å². The molecule has 0 atom stereocenters. The summed E-state index contributed by atoms with van der Waals surface area (Å²) < 4.78 is 13.3. The maximum Gasteiger partial charge on any atom is 0.146 e. The first-order valence-electron chi connectivity index (χ1n) is 6.73. The fraction of sp³-hybridized carbons (Fsp3) is 0.357. The van der Waals surface area contributed by atoms with Crippen molar-refractivity contribution in [3.05, 3.63) is 36.4 Å². The molecule has 0 amide bonds. The minimum absolute atomic E-state index is 0. The first-order valence-corrected chi connectivity index (χ1v) is 7.43. The molecule has 0 aliphatic carbocycles. The Kier molecular flexibility index (Phi) is 5.87. The summed E-state index contributed by atoms with van der Waals surface area (Å²) >= 11 is 1.30. The second kappa shape index (κ2) is 7.66. The molecular weight excluding hydrogens is 320 g/mol. The van der Waals surface area contributed by atoms with Crippen LogP contribution in [-0.4, -0.2) is 41.5 Å². The molecule has 8 heteroatoms. The Hall–Kier alpha value is -1.51. The Morgan fingerprint density at radius 1 is 1.45 bits per heavy atom. The molecule has 0 bridgehead atoms. The molecule has 2 heterocycles. The Bertz CT molecular complexity index is 593. The number of ether oxygens (including phenoxy) is 1. The fourth-order valence-electron chi connectivity index (χ4n) is 2.16. The van der Waals surface area contributed by atoms with Crippen LogP contribution in [0.25, 0.3) is 0 Å². The van der Waals surface area contributed by atoms with Gasteiger partial charge in [0.1, 0.15) is 30.3 Å². The molecule has 1 N–H and O–H groups in total. The van der Waals surface area contributed by atoms with E-state index in [1.54, 1.807) is 6.33 Å². The number of rotatable bonds is 5. The van der Waals surface area contributed by atoms with Crippen LogP contribution in [0, 0.1) is 0 Å². The molecule has 3 rings (SSSR count). The van der Waals surface area contributed by atoms with E-state index in [1.165, 1.54) is 12.2 Å². The molecule has 120 valence electrons. The van der Waals surface area contributed by atoms with Crippen LogP contribution in [0.15, 0.2) is 30.7 Å². The number of hydrogen-bond acceptors (Lipinski definition) is 6. The molecule has 0 saturated carbocycles. The Balaban J connectivity index is 0.00000176. The van der Waals surface area contributed by atoms with E-state index in [2.05, 4.69) is 14.9 Å². The quantitative estimate of drug-likeness (QED) is 0.666. The molecule has 1 aromatic carbocycles. The number of fused-ring (bicyclic) bond motifs is 1. The van der Waals surface area contributed by atoms with Crippen molar-refractivity contribution in [3.63, 3.8) is 0 Å². The zero-order chi connectivity index (χ0) is 14.7. The lowest BCUT2D eigenvalue weighted by atomic mass is 10.2. The lowest BCUT2D eigenvalue weighted by Gasteiger charge is -2.31. The highest BCUT2D eigenvalue weighted by atomic mass is 32.2. The van der Waals surface area contributed by atoms with Gasteiger partial charge in [-0.1, -0.05) is 0 Å². The molecule has 0 saturated heterocycles. The molecule has 0 spiro atoms. The van der Waals surface area contributed by atoms with E-state index < -0.39 is 0 Å². The highest BCUT2D eigenvalue weighted by molar-refractivity contribution is 7.92. The van der Waals surface area contributed by atoms with E-state index in [1.807, 2.05) is 42.8 Å². The number of aromatic amines is 1. The molecule has 2 aromatic rings. The maximum absolute atomic E-state index is 5.71. The number of nitrogens with zero attached hydrogens (tertiary/aromatic N) is 3. The third-order valence-corrected chi connectivity index (χ3v) is 3.65. The fourth-order valence-corrected chi connectivity index (χ4v) is 2.50. The van der Waals surface area contributed by atoms with Gasteiger partial charge in [-0.2, -0.15) is 13.5 Å². The number of nitrogens with one attached hydrogen (secondary N) is 1. The average molecular weight is 340 g/mol. The number of H-pyrrole nitrogens is 1. The Morgan fingerprint density at radius 3 is 3.05 bits per heavy atom. The van der Waals surface area contributed by atoms with E-state index in [0.717, 1.165) is 36.0 Å². The van der Waals surface area contributed by atoms with Gasteiger partial charge in [0.05, 0.1) is 30.8 Å². The van der Waals surface area contributed by atoms with Gasteiger partial charge in [-0.15, -0.1) is 0 Å². The number of anilines is 1. The predicted molar refractivity (Wildman–Crippen MR) is 93.9 cm³/mol. The summed E-state index contributed by atoms with van der Waals surface area (Å²) in [6.07, 6.45) is 3.54. The molecule has 1 aromatic heterocycles. The third kappa shape index (κ3) is 4.02. The number of hydrogen-bond donors (Lipinski definition) is 1. The smallest absolute Gasteiger partial charge is 0.146 e. The van der Waals surface area contributed by atoms with Crippen LogP contribution in [0.1, 0.15) is 5.69 Å². The lowest BCUT2D eigenvalue weighted by Crippen LogP contribution is -2.32. The first-order chi connectivity index (χ1) is 10.2. The van der Waals surface area contributed by atoms with Crippen LogP contribution < -0.4 is 13.8 Å². The summed E-state index contributed by atoms with van der Waals surface area (Å²) in [5, 5.41) is 0. The van der Waals surface area contributed by atoms with Crippen molar-refractivity contribution in [1.29, 1.82) is 0 Å². The van der Waals surface area contributed by atoms with Crippen molar-refractivity contribution < 1.29 is 8.92 Å². The van der Waals surface area contributed by atoms with Gasteiger partial charge < -0.3 is 18.8 Å². The molecule has 22 heavy (non-hydrogen) atoms. The maximum atomic E-state index is 5.71. The van der Waals surface area contributed by atoms with Gasteiger partial charge in [-0.25, -0.2) is 9.29 Å². The standard InChI is InChI=1S/C14H18N4O2S.H2S/c1-17(2)21-20-12-3-4-14-13(7-12)18(5-6-19-14)9-11-8-15-10-16-11;/h3-4,7-8,10H,5-6,9H2,1-2H3,(H,15,16);1H2. The molecule has 6 nitrogen and oxygen atoms in total. The van der Waals surface area contributed by atoms with Crippen molar-refractivity contribution in [2.45, 2.75) is 6.54 Å². The lowest BCUT2D eigenvalue weighted by molar-refractivity contribution is 0.306. The minimum atomic E-state index is 0. The third-order valence-electron chi connectivity index (χ3n) is 3.09. The van der Waals surface area contributed by atoms with Gasteiger partial charge in [0.2, 0.25) is 0 Å². The first kappa shape index (κ1) is 16.9. The average Bonchev–Trinajstić information content (AvgIpc) is 2.98. The topological polar surface area (TPSA) is 53.6 Å². The van der Waals surface area contributed by atoms with Crippen molar-refractivity contribution >= 4 is 31.4 Å². The van der Waals surface area contributed by atoms with E-state index in [0.29, 0.717) is 6.61 Å². The van der Waals surface area contributed by atoms with E-state index in [4.69, 9.17) is 8.92 Å². The van der Waals surface area contributed by atoms with Crippen molar-refractivity contribution in [1.82, 2.24) is 14.3 Å². The summed E-state index contributed by atoms with van der Waals surface area (Å²) in [5.74, 6) is 1.70. The number of benzene rings is 1. The second-order valence-electron chi connectivity index (χ2n) is 4.95. The van der Waals surface area contributed by atoms with Crippen molar-refractivity contribution in [3.8, 4) is 11.5 Å². The Morgan fingerprint density at radius 2 is 2.32 bits per heavy atom. The normalized spacial score (nSPS) is 13.3. The highest BCUT2D eigenvalue weighted by Gasteiger charge is 2.19. The van der Waals surface area contributed by atoms with Gasteiger partial charge in [0.15, 0.2) is 0 Å². The van der Waals surface area contributed by atoms with Crippen LogP contribution in [0.3, 0.4) is 0 Å². The summed E-state index contributed by atoms with van der Waals surface area (Å²) in [6, 6.07) is 5.90. The molecular formula is C14H20N4O2S2. The number of aromatic nitrogens is 2. The van der Waals surface area contributed by atoms with Crippen molar-refractivity contribution in [2.75, 3.05) is 32.1 Å². The molecule has 0 unspecified atom stereocenters. The summed E-state index contributed by atoms with van der Waals surface area (Å²) in [4.78, 5) is 9.46. The van der Waals surface area contributed by atoms with Gasteiger partial charge in [-0.3, -0.25) is 0 Å². The zero-order valence-electron chi connectivity index (χ0n) is 12.6. The molecule has 1 aliphatic heterocycles. The monoisotopic (exact) mass is 340 g/mol. The predicted octanol–water partition coefficient (Wildman–Crippen LogP) is 2.43. The summed E-state index contributed by atoms with van der Waals surface area (Å²) in [6.45, 7) is 2.31. The van der Waals surface area contributed by atoms with Crippen LogP contribution in [0.2, 0.25) is 0 Å². The highest BCUT2D eigenvalue weighted by Crippen LogP contribution is 2.36. The SMILES string of the molecule is CN(C)SOc1ccc2c(c1)N(Cc1cnc[nH]1)CCO2.S. The van der Waals surface area contributed by atoms with Crippen LogP contribution in [-0.2, 0) is 6.54 Å². The second-order valence-corrected chi connectivity index (χ2v) is 5.99. The van der Waals surface area contributed by atoms with Crippen LogP contribution in [0.4, 0.5) is 5.69 Å². The van der Waals surface area contributed by atoms with Crippen LogP contribution in [0.5, 0.6) is 11.5 Å². The molecule has 0 radical (unpaired) electrons. The van der Waals surface area contributed by atoms with Gasteiger partial charge in [0, 0.05) is 26.4 Å². The molecule has 0 fully saturated rings. The largest absolute Gasteiger partial charge is 0.490 e. The van der Waals surface area contributed by atoms with E-state index in [9.17, 15) is 0 Å². The summed E-state index contributed by atoms with van der Waals surface area (Å²) in [5.41, 5.74) is 2.13.